The molecule has 76 valence electrons. The molecule has 0 aliphatic heterocycles. The van der Waals surface area contributed by atoms with E-state index in [0.29, 0.717) is 11.4 Å². The van der Waals surface area contributed by atoms with Gasteiger partial charge in [0.2, 0.25) is 0 Å². The molecule has 5 nitrogen and oxygen atoms in total. The molecule has 0 aliphatic carbocycles. The number of pyridine rings is 1. The third-order valence-electron chi connectivity index (χ3n) is 1.96. The summed E-state index contributed by atoms with van der Waals surface area (Å²) in [7, 11) is 0. The topological polar surface area (TPSA) is 68.0 Å². The zero-order chi connectivity index (χ0) is 10.8. The van der Waals surface area contributed by atoms with E-state index in [4.69, 9.17) is 5.11 Å². The quantitative estimate of drug-likeness (QED) is 0.798. The Morgan fingerprint density at radius 1 is 1.40 bits per heavy atom. The monoisotopic (exact) mass is 203 g/mol. The first-order valence-corrected chi connectivity index (χ1v) is 4.39. The fraction of sp³-hybridized carbons (Fsp3) is 0.100. The third-order valence-corrected chi connectivity index (χ3v) is 1.96. The van der Waals surface area contributed by atoms with Crippen molar-refractivity contribution < 1.29 is 9.90 Å². The van der Waals surface area contributed by atoms with Crippen LogP contribution in [0.5, 0.6) is 0 Å². The van der Waals surface area contributed by atoms with Crippen LogP contribution < -0.4 is 0 Å². The molecule has 0 bridgehead atoms. The number of aromatic carboxylic acids is 1. The van der Waals surface area contributed by atoms with Crippen LogP contribution in [-0.4, -0.2) is 25.8 Å². The van der Waals surface area contributed by atoms with E-state index in [2.05, 4.69) is 10.1 Å². The first-order valence-electron chi connectivity index (χ1n) is 4.39. The second kappa shape index (κ2) is 3.53. The second-order valence-corrected chi connectivity index (χ2v) is 3.09. The summed E-state index contributed by atoms with van der Waals surface area (Å²) >= 11 is 0. The Labute approximate surface area is 86.0 Å². The van der Waals surface area contributed by atoms with E-state index in [1.165, 1.54) is 10.7 Å². The zero-order valence-electron chi connectivity index (χ0n) is 8.08. The molecule has 0 saturated heterocycles. The lowest BCUT2D eigenvalue weighted by Gasteiger charge is -2.02. The minimum atomic E-state index is -0.993. The minimum Gasteiger partial charge on any atom is -0.477 e. The molecule has 1 N–H and O–H groups in total. The molecule has 5 heteroatoms. The number of hydrogen-bond acceptors (Lipinski definition) is 3. The maximum atomic E-state index is 10.9. The Bertz CT molecular complexity index is 491. The summed E-state index contributed by atoms with van der Waals surface area (Å²) in [5, 5.41) is 13.1. The maximum Gasteiger partial charge on any atom is 0.354 e. The van der Waals surface area contributed by atoms with Gasteiger partial charge in [0.05, 0.1) is 11.4 Å². The van der Waals surface area contributed by atoms with Crippen molar-refractivity contribution in [3.05, 3.63) is 42.0 Å². The van der Waals surface area contributed by atoms with E-state index in [1.807, 2.05) is 0 Å². The van der Waals surface area contributed by atoms with Gasteiger partial charge in [0, 0.05) is 12.4 Å². The van der Waals surface area contributed by atoms with Gasteiger partial charge in [-0.1, -0.05) is 0 Å². The molecule has 0 aromatic carbocycles. The van der Waals surface area contributed by atoms with Gasteiger partial charge in [0.1, 0.15) is 0 Å². The summed E-state index contributed by atoms with van der Waals surface area (Å²) in [4.78, 5) is 14.8. The number of carboxylic acids is 1. The molecule has 0 amide bonds. The molecule has 15 heavy (non-hydrogen) atoms. The SMILES string of the molecule is Cc1cc(C(=O)O)n(-c2ccncc2)n1. The summed E-state index contributed by atoms with van der Waals surface area (Å²) in [5.74, 6) is -0.993. The van der Waals surface area contributed by atoms with Gasteiger partial charge in [-0.3, -0.25) is 4.98 Å². The van der Waals surface area contributed by atoms with Crippen LogP contribution in [0.1, 0.15) is 16.2 Å². The lowest BCUT2D eigenvalue weighted by atomic mass is 10.3. The van der Waals surface area contributed by atoms with Crippen molar-refractivity contribution in [3.8, 4) is 5.69 Å². The number of nitrogens with zero attached hydrogens (tertiary/aromatic N) is 3. The van der Waals surface area contributed by atoms with E-state index in [0.717, 1.165) is 0 Å². The maximum absolute atomic E-state index is 10.9. The molecule has 0 spiro atoms. The van der Waals surface area contributed by atoms with Gasteiger partial charge in [-0.25, -0.2) is 9.48 Å². The molecule has 2 aromatic heterocycles. The van der Waals surface area contributed by atoms with Crippen LogP contribution in [0.15, 0.2) is 30.6 Å². The first-order chi connectivity index (χ1) is 7.18. The highest BCUT2D eigenvalue weighted by Gasteiger charge is 2.13. The largest absolute Gasteiger partial charge is 0.477 e. The highest BCUT2D eigenvalue weighted by Crippen LogP contribution is 2.11. The Hall–Kier alpha value is -2.17. The molecular weight excluding hydrogens is 194 g/mol. The van der Waals surface area contributed by atoms with Gasteiger partial charge in [-0.05, 0) is 25.1 Å². The Morgan fingerprint density at radius 2 is 2.07 bits per heavy atom. The molecule has 0 unspecified atom stereocenters. The Balaban J connectivity index is 2.58. The van der Waals surface area contributed by atoms with Crippen molar-refractivity contribution in [1.29, 1.82) is 0 Å². The molecule has 0 saturated carbocycles. The van der Waals surface area contributed by atoms with Gasteiger partial charge in [0.25, 0.3) is 0 Å². The first kappa shape index (κ1) is 9.39. The molecule has 2 rings (SSSR count). The van der Waals surface area contributed by atoms with E-state index < -0.39 is 5.97 Å². The lowest BCUT2D eigenvalue weighted by Crippen LogP contribution is -2.07. The standard InChI is InChI=1S/C10H9N3O2/c1-7-6-9(10(14)15)13(12-7)8-2-4-11-5-3-8/h2-6H,1H3,(H,14,15). The highest BCUT2D eigenvalue weighted by atomic mass is 16.4. The van der Waals surface area contributed by atoms with Crippen molar-refractivity contribution in [1.82, 2.24) is 14.8 Å². The van der Waals surface area contributed by atoms with Crippen molar-refractivity contribution >= 4 is 5.97 Å². The van der Waals surface area contributed by atoms with E-state index >= 15 is 0 Å². The van der Waals surface area contributed by atoms with Crippen molar-refractivity contribution in [2.75, 3.05) is 0 Å². The number of aryl methyl sites for hydroxylation is 1. The third kappa shape index (κ3) is 1.71. The zero-order valence-corrected chi connectivity index (χ0v) is 8.08. The summed E-state index contributed by atoms with van der Waals surface area (Å²) in [6.45, 7) is 1.75. The smallest absolute Gasteiger partial charge is 0.354 e. The van der Waals surface area contributed by atoms with Crippen molar-refractivity contribution in [3.63, 3.8) is 0 Å². The summed E-state index contributed by atoms with van der Waals surface area (Å²) in [5.41, 5.74) is 1.51. The predicted molar refractivity (Wildman–Crippen MR) is 53.1 cm³/mol. The van der Waals surface area contributed by atoms with Crippen molar-refractivity contribution in [2.45, 2.75) is 6.92 Å². The van der Waals surface area contributed by atoms with Gasteiger partial charge in [0.15, 0.2) is 5.69 Å². The van der Waals surface area contributed by atoms with Gasteiger partial charge < -0.3 is 5.11 Å². The molecule has 0 atom stereocenters. The second-order valence-electron chi connectivity index (χ2n) is 3.09. The van der Waals surface area contributed by atoms with Crippen LogP contribution >= 0.6 is 0 Å². The van der Waals surface area contributed by atoms with Crippen LogP contribution in [0.4, 0.5) is 0 Å². The number of aromatic nitrogens is 3. The molecular formula is C10H9N3O2. The van der Waals surface area contributed by atoms with E-state index in [1.54, 1.807) is 31.5 Å². The van der Waals surface area contributed by atoms with E-state index in [-0.39, 0.29) is 5.69 Å². The lowest BCUT2D eigenvalue weighted by molar-refractivity contribution is 0.0687. The van der Waals surface area contributed by atoms with Crippen molar-refractivity contribution in [2.24, 2.45) is 0 Å². The number of carboxylic acid groups (broad SMARTS) is 1. The molecule has 2 heterocycles. The molecule has 2 aromatic rings. The predicted octanol–water partition coefficient (Wildman–Crippen LogP) is 1.27. The molecule has 0 aliphatic rings. The van der Waals surface area contributed by atoms with Crippen LogP contribution in [-0.2, 0) is 0 Å². The average molecular weight is 203 g/mol. The number of rotatable bonds is 2. The van der Waals surface area contributed by atoms with Crippen LogP contribution in [0.3, 0.4) is 0 Å². The molecule has 0 radical (unpaired) electrons. The minimum absolute atomic E-state index is 0.152. The fourth-order valence-corrected chi connectivity index (χ4v) is 1.33. The number of hydrogen-bond donors (Lipinski definition) is 1. The van der Waals surface area contributed by atoms with Crippen LogP contribution in [0, 0.1) is 6.92 Å². The van der Waals surface area contributed by atoms with Gasteiger partial charge in [-0.2, -0.15) is 5.10 Å². The highest BCUT2D eigenvalue weighted by molar-refractivity contribution is 5.86. The van der Waals surface area contributed by atoms with Crippen LogP contribution in [0.25, 0.3) is 5.69 Å². The van der Waals surface area contributed by atoms with Gasteiger partial charge >= 0.3 is 5.97 Å². The fourth-order valence-electron chi connectivity index (χ4n) is 1.33. The number of carbonyl (C=O) groups is 1. The summed E-state index contributed by atoms with van der Waals surface area (Å²) in [6.07, 6.45) is 3.19. The average Bonchev–Trinajstić information content (AvgIpc) is 2.62. The summed E-state index contributed by atoms with van der Waals surface area (Å²) in [6, 6.07) is 4.94. The normalized spacial score (nSPS) is 10.2. The van der Waals surface area contributed by atoms with Gasteiger partial charge in [-0.15, -0.1) is 0 Å². The van der Waals surface area contributed by atoms with Crippen LogP contribution in [0.2, 0.25) is 0 Å². The van der Waals surface area contributed by atoms with E-state index in [9.17, 15) is 4.79 Å². The summed E-state index contributed by atoms with van der Waals surface area (Å²) < 4.78 is 1.39. The Kier molecular flexibility index (Phi) is 2.21. The Morgan fingerprint density at radius 3 is 2.67 bits per heavy atom. The molecule has 0 fully saturated rings.